The number of amides is 2. The van der Waals surface area contributed by atoms with Crippen LogP contribution < -0.4 is 14.8 Å². The highest BCUT2D eigenvalue weighted by Gasteiger charge is 2.34. The van der Waals surface area contributed by atoms with Crippen molar-refractivity contribution in [2.45, 2.75) is 12.8 Å². The molecule has 184 valence electrons. The van der Waals surface area contributed by atoms with E-state index in [-0.39, 0.29) is 24.3 Å². The smallest absolute Gasteiger partial charge is 0.246 e. The zero-order valence-electron chi connectivity index (χ0n) is 20.2. The summed E-state index contributed by atoms with van der Waals surface area (Å²) in [6.45, 7) is 0.663. The Bertz CT molecular complexity index is 1170. The number of ether oxygens (including phenoxy) is 3. The van der Waals surface area contributed by atoms with Gasteiger partial charge in [-0.15, -0.1) is 0 Å². The Labute approximate surface area is 204 Å². The molecule has 2 amide bonds. The first kappa shape index (κ1) is 24.3. The van der Waals surface area contributed by atoms with Gasteiger partial charge in [-0.3, -0.25) is 19.5 Å². The van der Waals surface area contributed by atoms with E-state index in [0.29, 0.717) is 30.5 Å². The van der Waals surface area contributed by atoms with E-state index in [0.717, 1.165) is 29.8 Å². The van der Waals surface area contributed by atoms with E-state index in [1.54, 1.807) is 30.8 Å². The molecule has 2 aromatic carbocycles. The Hall–Kier alpha value is -3.85. The number of imidazole rings is 1. The lowest BCUT2D eigenvalue weighted by molar-refractivity contribution is -0.136. The summed E-state index contributed by atoms with van der Waals surface area (Å²) >= 11 is 0. The van der Waals surface area contributed by atoms with Gasteiger partial charge in [0.15, 0.2) is 0 Å². The highest BCUT2D eigenvalue weighted by Crippen LogP contribution is 2.31. The zero-order valence-corrected chi connectivity index (χ0v) is 20.2. The van der Waals surface area contributed by atoms with Crippen LogP contribution in [0.25, 0.3) is 16.9 Å². The monoisotopic (exact) mass is 478 g/mol. The number of nitrogens with one attached hydrogen (secondary N) is 1. The van der Waals surface area contributed by atoms with E-state index >= 15 is 0 Å². The molecule has 1 aromatic heterocycles. The van der Waals surface area contributed by atoms with Crippen molar-refractivity contribution < 1.29 is 23.8 Å². The normalized spacial score (nSPS) is 12.8. The maximum atomic E-state index is 13.0. The molecule has 0 spiro atoms. The first-order valence-corrected chi connectivity index (χ1v) is 11.5. The van der Waals surface area contributed by atoms with Gasteiger partial charge in [0, 0.05) is 37.0 Å². The Balaban J connectivity index is 1.61. The molecule has 0 saturated heterocycles. The number of carbonyl (C=O) groups excluding carboxylic acids is 2. The van der Waals surface area contributed by atoms with Crippen molar-refractivity contribution in [3.05, 3.63) is 54.7 Å². The van der Waals surface area contributed by atoms with Gasteiger partial charge in [-0.2, -0.15) is 0 Å². The lowest BCUT2D eigenvalue weighted by atomic mass is 10.1. The quantitative estimate of drug-likeness (QED) is 0.454. The first-order valence-electron chi connectivity index (χ1n) is 11.5. The molecule has 1 saturated carbocycles. The molecule has 4 rings (SSSR count). The number of aromatic nitrogens is 2. The van der Waals surface area contributed by atoms with Gasteiger partial charge in [-0.25, -0.2) is 4.98 Å². The van der Waals surface area contributed by atoms with Crippen molar-refractivity contribution in [3.8, 4) is 28.4 Å². The fourth-order valence-corrected chi connectivity index (χ4v) is 3.72. The van der Waals surface area contributed by atoms with E-state index in [1.165, 1.54) is 0 Å². The van der Waals surface area contributed by atoms with Crippen LogP contribution in [0.2, 0.25) is 0 Å². The Kier molecular flexibility index (Phi) is 7.67. The van der Waals surface area contributed by atoms with Gasteiger partial charge in [0.2, 0.25) is 17.8 Å². The van der Waals surface area contributed by atoms with Crippen molar-refractivity contribution in [1.29, 1.82) is 0 Å². The molecule has 1 N–H and O–H groups in total. The predicted octanol–water partition coefficient (Wildman–Crippen LogP) is 3.38. The number of nitrogens with zero attached hydrogens (tertiary/aromatic N) is 3. The molecule has 35 heavy (non-hydrogen) atoms. The van der Waals surface area contributed by atoms with E-state index in [2.05, 4.69) is 5.32 Å². The maximum Gasteiger partial charge on any atom is 0.246 e. The number of methoxy groups -OCH3 is 3. The second kappa shape index (κ2) is 11.1. The third-order valence-corrected chi connectivity index (χ3v) is 5.81. The number of rotatable bonds is 11. The number of carbonyl (C=O) groups is 2. The molecule has 0 radical (unpaired) electrons. The molecule has 0 aliphatic heterocycles. The maximum absolute atomic E-state index is 13.0. The second-order valence-electron chi connectivity index (χ2n) is 8.32. The molecule has 9 nitrogen and oxygen atoms in total. The molecule has 0 unspecified atom stereocenters. The van der Waals surface area contributed by atoms with Gasteiger partial charge in [-0.1, -0.05) is 12.1 Å². The van der Waals surface area contributed by atoms with Crippen molar-refractivity contribution >= 4 is 17.8 Å². The lowest BCUT2D eigenvalue weighted by Gasteiger charge is -2.21. The Morgan fingerprint density at radius 3 is 2.46 bits per heavy atom. The van der Waals surface area contributed by atoms with Crippen LogP contribution in [0.5, 0.6) is 11.5 Å². The molecule has 1 fully saturated rings. The van der Waals surface area contributed by atoms with Crippen LogP contribution >= 0.6 is 0 Å². The highest BCUT2D eigenvalue weighted by atomic mass is 16.5. The summed E-state index contributed by atoms with van der Waals surface area (Å²) in [5.74, 6) is 1.46. The van der Waals surface area contributed by atoms with Crippen molar-refractivity contribution in [2.75, 3.05) is 46.3 Å². The van der Waals surface area contributed by atoms with Crippen LogP contribution in [0, 0.1) is 5.92 Å². The Morgan fingerprint density at radius 1 is 1.06 bits per heavy atom. The van der Waals surface area contributed by atoms with Gasteiger partial charge >= 0.3 is 0 Å². The Morgan fingerprint density at radius 2 is 1.80 bits per heavy atom. The largest absolute Gasteiger partial charge is 0.497 e. The molecular formula is C26H30N4O5. The minimum absolute atomic E-state index is 0.00670. The predicted molar refractivity (Wildman–Crippen MR) is 132 cm³/mol. The van der Waals surface area contributed by atoms with Gasteiger partial charge in [0.05, 0.1) is 26.5 Å². The molecule has 1 aliphatic rings. The zero-order chi connectivity index (χ0) is 24.8. The van der Waals surface area contributed by atoms with Crippen LogP contribution in [0.1, 0.15) is 12.8 Å². The van der Waals surface area contributed by atoms with E-state index in [1.807, 2.05) is 54.7 Å². The number of benzene rings is 2. The van der Waals surface area contributed by atoms with E-state index in [9.17, 15) is 9.59 Å². The van der Waals surface area contributed by atoms with E-state index < -0.39 is 0 Å². The summed E-state index contributed by atoms with van der Waals surface area (Å²) in [6, 6.07) is 15.0. The first-order chi connectivity index (χ1) is 17.0. The SMILES string of the molecule is COCCN(CC(=O)Nc1nc(-c2cccc(OC)c2)cn1-c1ccc(OC)cc1)C(=O)C1CC1. The lowest BCUT2D eigenvalue weighted by Crippen LogP contribution is -2.41. The number of hydrogen-bond acceptors (Lipinski definition) is 6. The van der Waals surface area contributed by atoms with Crippen LogP contribution in [0.15, 0.2) is 54.7 Å². The van der Waals surface area contributed by atoms with Crippen LogP contribution in [0.4, 0.5) is 5.95 Å². The van der Waals surface area contributed by atoms with E-state index in [4.69, 9.17) is 19.2 Å². The number of hydrogen-bond donors (Lipinski definition) is 1. The molecule has 9 heteroatoms. The summed E-state index contributed by atoms with van der Waals surface area (Å²) in [6.07, 6.45) is 3.59. The van der Waals surface area contributed by atoms with Gasteiger partial charge in [0.25, 0.3) is 0 Å². The molecule has 1 aliphatic carbocycles. The minimum atomic E-state index is -0.326. The average Bonchev–Trinajstić information content (AvgIpc) is 3.66. The molecule has 1 heterocycles. The summed E-state index contributed by atoms with van der Waals surface area (Å²) < 4.78 is 17.5. The van der Waals surface area contributed by atoms with Gasteiger partial charge in [0.1, 0.15) is 18.0 Å². The molecule has 3 aromatic rings. The molecule has 0 bridgehead atoms. The summed E-state index contributed by atoms with van der Waals surface area (Å²) in [5, 5.41) is 2.89. The third-order valence-electron chi connectivity index (χ3n) is 5.81. The second-order valence-corrected chi connectivity index (χ2v) is 8.32. The number of anilines is 1. The minimum Gasteiger partial charge on any atom is -0.497 e. The van der Waals surface area contributed by atoms with Gasteiger partial charge < -0.3 is 19.1 Å². The van der Waals surface area contributed by atoms with Crippen LogP contribution in [-0.2, 0) is 14.3 Å². The van der Waals surface area contributed by atoms with Crippen LogP contribution in [0.3, 0.4) is 0 Å². The standard InChI is InChI=1S/C26H30N4O5/c1-33-14-13-29(25(32)18-7-8-18)17-24(31)28-26-27-23(19-5-4-6-22(15-19)35-3)16-30(26)20-9-11-21(34-2)12-10-20/h4-6,9-12,15-16,18H,7-8,13-14,17H2,1-3H3,(H,27,28,31). The highest BCUT2D eigenvalue weighted by molar-refractivity contribution is 5.94. The molecule has 0 atom stereocenters. The molecular weight excluding hydrogens is 448 g/mol. The average molecular weight is 479 g/mol. The van der Waals surface area contributed by atoms with Crippen LogP contribution in [-0.4, -0.2) is 67.3 Å². The summed E-state index contributed by atoms with van der Waals surface area (Å²) in [7, 11) is 4.79. The van der Waals surface area contributed by atoms with Crippen molar-refractivity contribution in [1.82, 2.24) is 14.5 Å². The third kappa shape index (κ3) is 5.99. The van der Waals surface area contributed by atoms with Gasteiger partial charge in [-0.05, 0) is 49.2 Å². The fourth-order valence-electron chi connectivity index (χ4n) is 3.72. The topological polar surface area (TPSA) is 94.9 Å². The summed E-state index contributed by atoms with van der Waals surface area (Å²) in [4.78, 5) is 31.9. The fraction of sp³-hybridized carbons (Fsp3) is 0.346. The van der Waals surface area contributed by atoms with Crippen molar-refractivity contribution in [2.24, 2.45) is 5.92 Å². The summed E-state index contributed by atoms with van der Waals surface area (Å²) in [5.41, 5.74) is 2.31. The van der Waals surface area contributed by atoms with Crippen molar-refractivity contribution in [3.63, 3.8) is 0 Å².